The summed E-state index contributed by atoms with van der Waals surface area (Å²) in [5.74, 6) is 0. The van der Waals surface area contributed by atoms with Gasteiger partial charge in [0.15, 0.2) is 0 Å². The molecule has 2 fully saturated rings. The van der Waals surface area contributed by atoms with Crippen LogP contribution in [0.4, 0.5) is 0 Å². The predicted molar refractivity (Wildman–Crippen MR) is 58.7 cm³/mol. The summed E-state index contributed by atoms with van der Waals surface area (Å²) in [5.41, 5.74) is 1.18. The molecule has 1 unspecified atom stereocenters. The third kappa shape index (κ3) is 1.31. The molecule has 0 radical (unpaired) electrons. The monoisotopic (exact) mass is 280 g/mol. The van der Waals surface area contributed by atoms with Crippen LogP contribution in [0.15, 0.2) is 0 Å². The van der Waals surface area contributed by atoms with E-state index in [0.29, 0.717) is 16.9 Å². The van der Waals surface area contributed by atoms with Crippen molar-refractivity contribution in [1.82, 2.24) is 0 Å². The summed E-state index contributed by atoms with van der Waals surface area (Å²) in [6.45, 7) is 5.76. The van der Waals surface area contributed by atoms with Gasteiger partial charge in [0, 0.05) is 16.4 Å². The van der Waals surface area contributed by atoms with Crippen LogP contribution >= 0.6 is 22.6 Å². The van der Waals surface area contributed by atoms with Gasteiger partial charge in [0.05, 0.1) is 6.10 Å². The van der Waals surface area contributed by atoms with Crippen LogP contribution in [0.1, 0.15) is 33.1 Å². The average Bonchev–Trinajstić information content (AvgIpc) is 2.29. The third-order valence-electron chi connectivity index (χ3n) is 3.40. The lowest BCUT2D eigenvalue weighted by molar-refractivity contribution is -0.0592. The van der Waals surface area contributed by atoms with Gasteiger partial charge in [-0.1, -0.05) is 36.4 Å². The topological polar surface area (TPSA) is 9.23 Å². The van der Waals surface area contributed by atoms with Gasteiger partial charge < -0.3 is 4.74 Å². The molecule has 1 saturated carbocycles. The van der Waals surface area contributed by atoms with Crippen molar-refractivity contribution in [3.8, 4) is 0 Å². The third-order valence-corrected chi connectivity index (χ3v) is 4.20. The number of ether oxygens (including phenoxy) is 1. The van der Waals surface area contributed by atoms with Gasteiger partial charge in [-0.2, -0.15) is 0 Å². The molecule has 0 aromatic heterocycles. The van der Waals surface area contributed by atoms with Crippen LogP contribution in [0.25, 0.3) is 0 Å². The molecule has 1 aliphatic heterocycles. The Bertz CT molecular complexity index is 180. The van der Waals surface area contributed by atoms with Gasteiger partial charge in [0.1, 0.15) is 0 Å². The molecule has 1 aliphatic carbocycles. The molecule has 1 nitrogen and oxygen atoms in total. The van der Waals surface area contributed by atoms with Gasteiger partial charge in [0.25, 0.3) is 0 Å². The lowest BCUT2D eigenvalue weighted by atomic mass is 9.52. The van der Waals surface area contributed by atoms with Crippen LogP contribution in [0, 0.1) is 10.8 Å². The molecular formula is C10H17IO. The Morgan fingerprint density at radius 3 is 2.58 bits per heavy atom. The first-order chi connectivity index (χ1) is 5.58. The Labute approximate surface area is 88.4 Å². The molecule has 2 aliphatic rings. The summed E-state index contributed by atoms with van der Waals surface area (Å²) in [4.78, 5) is 0. The number of rotatable bonds is 1. The van der Waals surface area contributed by atoms with E-state index in [2.05, 4.69) is 36.4 Å². The van der Waals surface area contributed by atoms with Gasteiger partial charge in [0.2, 0.25) is 0 Å². The maximum absolute atomic E-state index is 5.75. The lowest BCUT2D eigenvalue weighted by Gasteiger charge is -2.53. The van der Waals surface area contributed by atoms with Gasteiger partial charge in [-0.15, -0.1) is 0 Å². The van der Waals surface area contributed by atoms with Crippen molar-refractivity contribution in [2.24, 2.45) is 10.8 Å². The van der Waals surface area contributed by atoms with E-state index in [1.54, 1.807) is 0 Å². The second-order valence-electron chi connectivity index (χ2n) is 5.14. The molecule has 1 spiro atoms. The Balaban J connectivity index is 2.04. The summed E-state index contributed by atoms with van der Waals surface area (Å²) in [5, 5.41) is 0. The van der Waals surface area contributed by atoms with Crippen molar-refractivity contribution in [1.29, 1.82) is 0 Å². The summed E-state index contributed by atoms with van der Waals surface area (Å²) >= 11 is 2.46. The Kier molecular flexibility index (Phi) is 2.19. The van der Waals surface area contributed by atoms with Gasteiger partial charge >= 0.3 is 0 Å². The fourth-order valence-corrected chi connectivity index (χ4v) is 4.40. The molecule has 0 N–H and O–H groups in total. The first-order valence-corrected chi connectivity index (χ1v) is 6.28. The fourth-order valence-electron chi connectivity index (χ4n) is 3.21. The molecule has 1 saturated heterocycles. The molecule has 12 heavy (non-hydrogen) atoms. The van der Waals surface area contributed by atoms with Crippen LogP contribution in [0.3, 0.4) is 0 Å². The molecular weight excluding hydrogens is 263 g/mol. The molecule has 1 atom stereocenters. The van der Waals surface area contributed by atoms with Gasteiger partial charge in [-0.25, -0.2) is 0 Å². The van der Waals surface area contributed by atoms with E-state index in [1.165, 1.54) is 23.7 Å². The summed E-state index contributed by atoms with van der Waals surface area (Å²) < 4.78 is 6.92. The average molecular weight is 280 g/mol. The predicted octanol–water partition coefficient (Wildman–Crippen LogP) is 3.02. The molecule has 0 amide bonds. The summed E-state index contributed by atoms with van der Waals surface area (Å²) in [7, 11) is 0. The molecule has 0 aromatic rings. The van der Waals surface area contributed by atoms with Crippen LogP contribution < -0.4 is 0 Å². The van der Waals surface area contributed by atoms with Crippen LogP contribution in [0.5, 0.6) is 0 Å². The molecule has 0 aromatic carbocycles. The maximum Gasteiger partial charge on any atom is 0.0721 e. The van der Waals surface area contributed by atoms with E-state index < -0.39 is 0 Å². The first-order valence-electron chi connectivity index (χ1n) is 4.76. The summed E-state index contributed by atoms with van der Waals surface area (Å²) in [6, 6.07) is 0. The number of alkyl halides is 1. The fraction of sp³-hybridized carbons (Fsp3) is 1.00. The Hall–Kier alpha value is 0.690. The smallest absolute Gasteiger partial charge is 0.0721 e. The maximum atomic E-state index is 5.75. The van der Waals surface area contributed by atoms with E-state index >= 15 is 0 Å². The first kappa shape index (κ1) is 9.25. The zero-order valence-electron chi connectivity index (χ0n) is 7.90. The van der Waals surface area contributed by atoms with Gasteiger partial charge in [-0.05, 0) is 24.7 Å². The highest BCUT2D eigenvalue weighted by Gasteiger charge is 2.55. The second kappa shape index (κ2) is 2.84. The molecule has 2 rings (SSSR count). The van der Waals surface area contributed by atoms with E-state index in [1.807, 2.05) is 0 Å². The van der Waals surface area contributed by atoms with Crippen molar-refractivity contribution in [3.05, 3.63) is 0 Å². The highest BCUT2D eigenvalue weighted by molar-refractivity contribution is 14.1. The highest BCUT2D eigenvalue weighted by Crippen LogP contribution is 2.60. The minimum atomic E-state index is 0.561. The summed E-state index contributed by atoms with van der Waals surface area (Å²) in [6.07, 6.45) is 4.64. The van der Waals surface area contributed by atoms with E-state index in [9.17, 15) is 0 Å². The number of hydrogen-bond acceptors (Lipinski definition) is 1. The van der Waals surface area contributed by atoms with Gasteiger partial charge in [-0.3, -0.25) is 0 Å². The van der Waals surface area contributed by atoms with E-state index in [4.69, 9.17) is 4.74 Å². The van der Waals surface area contributed by atoms with E-state index in [-0.39, 0.29) is 0 Å². The Morgan fingerprint density at radius 2 is 2.08 bits per heavy atom. The van der Waals surface area contributed by atoms with Crippen molar-refractivity contribution >= 4 is 22.6 Å². The number of hydrogen-bond donors (Lipinski definition) is 0. The zero-order chi connectivity index (χ0) is 8.82. The van der Waals surface area contributed by atoms with Crippen LogP contribution in [-0.2, 0) is 4.74 Å². The largest absolute Gasteiger partial charge is 0.377 e. The van der Waals surface area contributed by atoms with Crippen molar-refractivity contribution < 1.29 is 4.74 Å². The van der Waals surface area contributed by atoms with Crippen molar-refractivity contribution in [3.63, 3.8) is 0 Å². The minimum absolute atomic E-state index is 0.561. The molecule has 1 heterocycles. The second-order valence-corrected chi connectivity index (χ2v) is 6.02. The zero-order valence-corrected chi connectivity index (χ0v) is 10.1. The molecule has 2 heteroatoms. The van der Waals surface area contributed by atoms with Crippen molar-refractivity contribution in [2.45, 2.75) is 39.2 Å². The quantitative estimate of drug-likeness (QED) is 0.530. The minimum Gasteiger partial charge on any atom is -0.377 e. The molecule has 70 valence electrons. The Morgan fingerprint density at radius 1 is 1.42 bits per heavy atom. The highest BCUT2D eigenvalue weighted by atomic mass is 127. The van der Waals surface area contributed by atoms with Crippen molar-refractivity contribution in [2.75, 3.05) is 11.0 Å². The van der Waals surface area contributed by atoms with Crippen LogP contribution in [0.2, 0.25) is 0 Å². The standard InChI is InChI=1S/C10H17IO/c1-9(2)6-10(7-9)3-4-12-8(10)5-11/h8H,3-7H2,1-2H3. The normalized spacial score (nSPS) is 36.8. The van der Waals surface area contributed by atoms with E-state index in [0.717, 1.165) is 6.61 Å². The SMILES string of the molecule is CC1(C)CC2(CCOC2CI)C1. The number of halogens is 1. The molecule has 0 bridgehead atoms. The lowest BCUT2D eigenvalue weighted by Crippen LogP contribution is -2.48. The van der Waals surface area contributed by atoms with Crippen LogP contribution in [-0.4, -0.2) is 17.1 Å².